The minimum Gasteiger partial charge on any atom is -0.373 e. The molecule has 4 nitrogen and oxygen atoms in total. The minimum absolute atomic E-state index is 0.443. The van der Waals surface area contributed by atoms with Crippen molar-refractivity contribution in [2.24, 2.45) is 0 Å². The highest BCUT2D eigenvalue weighted by Gasteiger charge is 2.32. The first kappa shape index (κ1) is 18.2. The number of rotatable bonds is 8. The second-order valence-electron chi connectivity index (χ2n) is 5.77. The van der Waals surface area contributed by atoms with Crippen molar-refractivity contribution in [2.45, 2.75) is 23.6 Å². The van der Waals surface area contributed by atoms with Gasteiger partial charge in [-0.25, -0.2) is 0 Å². The van der Waals surface area contributed by atoms with Gasteiger partial charge in [0.1, 0.15) is 0 Å². The van der Waals surface area contributed by atoms with Crippen molar-refractivity contribution < 1.29 is 0 Å². The van der Waals surface area contributed by atoms with Crippen molar-refractivity contribution in [3.63, 3.8) is 0 Å². The zero-order valence-electron chi connectivity index (χ0n) is 14.0. The highest BCUT2D eigenvalue weighted by molar-refractivity contribution is 8.00. The molecule has 0 bridgehead atoms. The predicted molar refractivity (Wildman–Crippen MR) is 94.4 cm³/mol. The van der Waals surface area contributed by atoms with E-state index in [1.165, 1.54) is 0 Å². The lowest BCUT2D eigenvalue weighted by Crippen LogP contribution is -2.39. The second-order valence-corrected chi connectivity index (χ2v) is 7.13. The summed E-state index contributed by atoms with van der Waals surface area (Å²) in [7, 11) is 8.29. The Morgan fingerprint density at radius 3 is 2.71 bits per heavy atom. The van der Waals surface area contributed by atoms with Crippen LogP contribution in [0.1, 0.15) is 6.92 Å². The fourth-order valence-corrected chi connectivity index (χ4v) is 3.60. The molecule has 0 saturated carbocycles. The van der Waals surface area contributed by atoms with E-state index < -0.39 is 0 Å². The van der Waals surface area contributed by atoms with Gasteiger partial charge in [-0.05, 0) is 40.3 Å². The number of nitrogens with one attached hydrogen (secondary N) is 1. The van der Waals surface area contributed by atoms with Gasteiger partial charge in [0.15, 0.2) is 0 Å². The van der Waals surface area contributed by atoms with Gasteiger partial charge in [0.2, 0.25) is 0 Å². The molecular formula is C16H30N4S. The molecule has 1 fully saturated rings. The number of likely N-dealkylation sites (N-methyl/N-ethyl adjacent to an activating group) is 3. The SMILES string of the molecule is C=CN1C[C@H](C=C=CN(C)CCN(C)C)SC1[C@@H](C)NC. The van der Waals surface area contributed by atoms with Crippen molar-refractivity contribution >= 4 is 11.8 Å². The Morgan fingerprint density at radius 2 is 2.14 bits per heavy atom. The lowest BCUT2D eigenvalue weighted by molar-refractivity contribution is 0.336. The molecule has 120 valence electrons. The molecule has 1 aliphatic rings. The Morgan fingerprint density at radius 1 is 1.43 bits per heavy atom. The van der Waals surface area contributed by atoms with Crippen LogP contribution in [0.4, 0.5) is 0 Å². The maximum atomic E-state index is 3.92. The largest absolute Gasteiger partial charge is 0.373 e. The molecule has 1 saturated heterocycles. The van der Waals surface area contributed by atoms with E-state index in [-0.39, 0.29) is 0 Å². The molecule has 5 heteroatoms. The van der Waals surface area contributed by atoms with Crippen LogP contribution in [0.5, 0.6) is 0 Å². The van der Waals surface area contributed by atoms with Gasteiger partial charge >= 0.3 is 0 Å². The molecule has 0 radical (unpaired) electrons. The van der Waals surface area contributed by atoms with E-state index in [2.05, 4.69) is 66.5 Å². The summed E-state index contributed by atoms with van der Waals surface area (Å²) in [5.74, 6) is 0. The van der Waals surface area contributed by atoms with Crippen LogP contribution in [0.25, 0.3) is 0 Å². The third-order valence-corrected chi connectivity index (χ3v) is 5.22. The molecule has 1 aliphatic heterocycles. The topological polar surface area (TPSA) is 21.8 Å². The van der Waals surface area contributed by atoms with Crippen molar-refractivity contribution in [3.8, 4) is 0 Å². The van der Waals surface area contributed by atoms with Gasteiger partial charge in [-0.15, -0.1) is 17.5 Å². The van der Waals surface area contributed by atoms with Crippen LogP contribution in [0.3, 0.4) is 0 Å². The first-order valence-corrected chi connectivity index (χ1v) is 8.41. The number of thioether (sulfide) groups is 1. The molecule has 21 heavy (non-hydrogen) atoms. The predicted octanol–water partition coefficient (Wildman–Crippen LogP) is 1.64. The maximum absolute atomic E-state index is 3.92. The van der Waals surface area contributed by atoms with Crippen LogP contribution in [0.15, 0.2) is 30.8 Å². The highest BCUT2D eigenvalue weighted by atomic mass is 32.2. The van der Waals surface area contributed by atoms with Crippen LogP contribution in [0.2, 0.25) is 0 Å². The van der Waals surface area contributed by atoms with Gasteiger partial charge in [-0.1, -0.05) is 6.58 Å². The summed E-state index contributed by atoms with van der Waals surface area (Å²) in [4.78, 5) is 6.67. The first-order chi connectivity index (χ1) is 9.97. The molecule has 0 aromatic rings. The van der Waals surface area contributed by atoms with E-state index in [1.54, 1.807) is 0 Å². The lowest BCUT2D eigenvalue weighted by Gasteiger charge is -2.26. The summed E-state index contributed by atoms with van der Waals surface area (Å²) in [5.41, 5.74) is 3.33. The fraction of sp³-hybridized carbons (Fsp3) is 0.688. The van der Waals surface area contributed by atoms with Crippen molar-refractivity contribution in [1.29, 1.82) is 0 Å². The Balaban J connectivity index is 2.51. The van der Waals surface area contributed by atoms with E-state index in [1.807, 2.05) is 31.2 Å². The maximum Gasteiger partial charge on any atom is 0.0902 e. The van der Waals surface area contributed by atoms with Gasteiger partial charge in [-0.3, -0.25) is 0 Å². The third kappa shape index (κ3) is 6.18. The number of nitrogens with zero attached hydrogens (tertiary/aromatic N) is 3. The second kappa shape index (κ2) is 9.21. The molecule has 0 aromatic carbocycles. The molecule has 1 heterocycles. The van der Waals surface area contributed by atoms with Gasteiger partial charge in [-0.2, -0.15) is 0 Å². The van der Waals surface area contributed by atoms with E-state index >= 15 is 0 Å². The molecule has 1 unspecified atom stereocenters. The Hall–Kier alpha value is -0.870. The zero-order chi connectivity index (χ0) is 15.8. The number of hydrogen-bond acceptors (Lipinski definition) is 5. The van der Waals surface area contributed by atoms with E-state index in [4.69, 9.17) is 0 Å². The summed E-state index contributed by atoms with van der Waals surface area (Å²) in [6.45, 7) is 9.22. The molecule has 3 atom stereocenters. The quantitative estimate of drug-likeness (QED) is 0.686. The normalized spacial score (nSPS) is 22.9. The minimum atomic E-state index is 0.443. The first-order valence-electron chi connectivity index (χ1n) is 7.46. The molecule has 1 N–H and O–H groups in total. The monoisotopic (exact) mass is 310 g/mol. The van der Waals surface area contributed by atoms with Crippen LogP contribution < -0.4 is 5.32 Å². The van der Waals surface area contributed by atoms with Crippen LogP contribution >= 0.6 is 11.8 Å². The average molecular weight is 311 g/mol. The van der Waals surface area contributed by atoms with E-state index in [0.29, 0.717) is 16.7 Å². The number of hydrogen-bond donors (Lipinski definition) is 1. The molecule has 1 rings (SSSR count). The molecular weight excluding hydrogens is 280 g/mol. The summed E-state index contributed by atoms with van der Waals surface area (Å²) in [6.07, 6.45) is 6.17. The fourth-order valence-electron chi connectivity index (χ4n) is 2.13. The Kier molecular flexibility index (Phi) is 7.97. The van der Waals surface area contributed by atoms with Gasteiger partial charge in [0, 0.05) is 44.2 Å². The van der Waals surface area contributed by atoms with Gasteiger partial charge < -0.3 is 20.0 Å². The standard InChI is InChI=1S/C16H30N4S/c1-7-20-13-15(21-16(20)14(2)17-3)9-8-10-19(6)12-11-18(4)5/h7,9-10,14-17H,1,11-13H2,2-6H3/t8?,14-,15+,16?/m1/s1. The molecule has 0 aromatic heterocycles. The summed E-state index contributed by atoms with van der Waals surface area (Å²) in [6, 6.07) is 0.443. The highest BCUT2D eigenvalue weighted by Crippen LogP contribution is 2.33. The molecule has 0 amide bonds. The Bertz CT molecular complexity index is 376. The van der Waals surface area contributed by atoms with E-state index in [9.17, 15) is 0 Å². The Labute approximate surface area is 134 Å². The van der Waals surface area contributed by atoms with Crippen molar-refractivity contribution in [1.82, 2.24) is 20.0 Å². The molecule has 0 spiro atoms. The van der Waals surface area contributed by atoms with Crippen LogP contribution in [-0.2, 0) is 0 Å². The summed E-state index contributed by atoms with van der Waals surface area (Å²) in [5, 5.41) is 4.25. The lowest BCUT2D eigenvalue weighted by atomic mass is 10.3. The smallest absolute Gasteiger partial charge is 0.0902 e. The summed E-state index contributed by atoms with van der Waals surface area (Å²) < 4.78 is 0. The van der Waals surface area contributed by atoms with E-state index in [0.717, 1.165) is 19.6 Å². The third-order valence-electron chi connectivity index (χ3n) is 3.63. The van der Waals surface area contributed by atoms with Crippen molar-refractivity contribution in [2.75, 3.05) is 47.8 Å². The summed E-state index contributed by atoms with van der Waals surface area (Å²) >= 11 is 1.97. The van der Waals surface area contributed by atoms with Crippen LogP contribution in [-0.4, -0.2) is 79.2 Å². The average Bonchev–Trinajstić information content (AvgIpc) is 2.87. The van der Waals surface area contributed by atoms with Gasteiger partial charge in [0.25, 0.3) is 0 Å². The zero-order valence-corrected chi connectivity index (χ0v) is 14.9. The van der Waals surface area contributed by atoms with Gasteiger partial charge in [0.05, 0.1) is 5.37 Å². The van der Waals surface area contributed by atoms with Crippen molar-refractivity contribution in [3.05, 3.63) is 30.8 Å². The van der Waals surface area contributed by atoms with Crippen LogP contribution in [0, 0.1) is 0 Å². The molecule has 0 aliphatic carbocycles.